The number of nitrogens with two attached hydrogens (primary N) is 1. The maximum atomic E-state index is 6.07. The molecule has 0 bridgehead atoms. The van der Waals surface area contributed by atoms with Gasteiger partial charge in [-0.1, -0.05) is 17.7 Å². The Labute approximate surface area is 139 Å². The van der Waals surface area contributed by atoms with E-state index < -0.39 is 0 Å². The molecule has 1 aromatic heterocycles. The zero-order valence-electron chi connectivity index (χ0n) is 13.4. The van der Waals surface area contributed by atoms with E-state index in [4.69, 9.17) is 19.9 Å². The number of nitrogen functional groups attached to an aromatic ring is 1. The number of methoxy groups -OCH3 is 1. The van der Waals surface area contributed by atoms with Gasteiger partial charge in [-0.05, 0) is 43.3 Å². The average molecular weight is 323 g/mol. The molecule has 122 valence electrons. The Morgan fingerprint density at radius 2 is 1.21 bits per heavy atom. The van der Waals surface area contributed by atoms with E-state index >= 15 is 0 Å². The molecule has 6 heteroatoms. The molecule has 2 N–H and O–H groups in total. The summed E-state index contributed by atoms with van der Waals surface area (Å²) in [5, 5.41) is 0. The molecule has 0 saturated heterocycles. The van der Waals surface area contributed by atoms with Crippen LogP contribution in [0.3, 0.4) is 0 Å². The van der Waals surface area contributed by atoms with E-state index in [1.54, 1.807) is 31.4 Å². The number of benzene rings is 2. The van der Waals surface area contributed by atoms with Crippen LogP contribution in [0.2, 0.25) is 0 Å². The third kappa shape index (κ3) is 3.55. The molecule has 2 aromatic carbocycles. The van der Waals surface area contributed by atoms with Gasteiger partial charge >= 0.3 is 0 Å². The predicted octanol–water partition coefficient (Wildman–Crippen LogP) is 3.96. The molecular weight excluding hydrogens is 306 g/mol. The van der Waals surface area contributed by atoms with Crippen LogP contribution in [0.15, 0.2) is 54.9 Å². The topological polar surface area (TPSA) is 79.5 Å². The minimum atomic E-state index is 0.230. The van der Waals surface area contributed by atoms with Gasteiger partial charge in [0.25, 0.3) is 0 Å². The minimum Gasteiger partial charge on any atom is -0.497 e. The normalized spacial score (nSPS) is 10.2. The number of rotatable bonds is 5. The third-order valence-electron chi connectivity index (χ3n) is 3.32. The van der Waals surface area contributed by atoms with Crippen LogP contribution >= 0.6 is 0 Å². The summed E-state index contributed by atoms with van der Waals surface area (Å²) in [4.78, 5) is 8.13. The highest BCUT2D eigenvalue weighted by atomic mass is 16.5. The Bertz CT molecular complexity index is 818. The van der Waals surface area contributed by atoms with Crippen LogP contribution < -0.4 is 19.9 Å². The van der Waals surface area contributed by atoms with Crippen molar-refractivity contribution < 1.29 is 14.2 Å². The summed E-state index contributed by atoms with van der Waals surface area (Å²) in [7, 11) is 1.60. The fourth-order valence-electron chi connectivity index (χ4n) is 2.00. The minimum absolute atomic E-state index is 0.230. The van der Waals surface area contributed by atoms with Crippen LogP contribution in [0, 0.1) is 6.92 Å². The molecule has 0 saturated carbocycles. The lowest BCUT2D eigenvalue weighted by Crippen LogP contribution is -2.00. The molecule has 3 rings (SSSR count). The fourth-order valence-corrected chi connectivity index (χ4v) is 2.00. The van der Waals surface area contributed by atoms with Gasteiger partial charge in [0, 0.05) is 0 Å². The van der Waals surface area contributed by atoms with Crippen LogP contribution in [-0.2, 0) is 0 Å². The van der Waals surface area contributed by atoms with E-state index in [2.05, 4.69) is 9.97 Å². The van der Waals surface area contributed by atoms with Crippen molar-refractivity contribution in [3.8, 4) is 29.0 Å². The van der Waals surface area contributed by atoms with Crippen LogP contribution in [0.1, 0.15) is 5.56 Å². The van der Waals surface area contributed by atoms with Gasteiger partial charge in [0.1, 0.15) is 23.6 Å². The van der Waals surface area contributed by atoms with Gasteiger partial charge in [0.05, 0.1) is 7.11 Å². The second-order valence-corrected chi connectivity index (χ2v) is 5.09. The Morgan fingerprint density at radius 1 is 0.750 bits per heavy atom. The van der Waals surface area contributed by atoms with Crippen molar-refractivity contribution in [1.29, 1.82) is 0 Å². The quantitative estimate of drug-likeness (QED) is 0.765. The lowest BCUT2D eigenvalue weighted by atomic mass is 10.2. The Hall–Kier alpha value is -3.28. The first kappa shape index (κ1) is 15.6. The van der Waals surface area contributed by atoms with Gasteiger partial charge in [-0.25, -0.2) is 0 Å². The first-order valence-electron chi connectivity index (χ1n) is 7.32. The van der Waals surface area contributed by atoms with E-state index in [-0.39, 0.29) is 17.4 Å². The van der Waals surface area contributed by atoms with Crippen molar-refractivity contribution in [2.45, 2.75) is 6.92 Å². The van der Waals surface area contributed by atoms with Crippen molar-refractivity contribution >= 4 is 5.69 Å². The number of hydrogen-bond acceptors (Lipinski definition) is 6. The lowest BCUT2D eigenvalue weighted by molar-refractivity contribution is 0.411. The molecular formula is C18H17N3O3. The molecule has 0 atom stereocenters. The Kier molecular flexibility index (Phi) is 4.47. The van der Waals surface area contributed by atoms with E-state index in [1.807, 2.05) is 31.2 Å². The maximum Gasteiger partial charge on any atom is 0.249 e. The van der Waals surface area contributed by atoms with Gasteiger partial charge in [0.2, 0.25) is 11.8 Å². The van der Waals surface area contributed by atoms with E-state index in [1.165, 1.54) is 6.33 Å². The zero-order valence-corrected chi connectivity index (χ0v) is 13.4. The number of hydrogen-bond donors (Lipinski definition) is 1. The highest BCUT2D eigenvalue weighted by molar-refractivity contribution is 5.58. The van der Waals surface area contributed by atoms with E-state index in [0.29, 0.717) is 11.5 Å². The SMILES string of the molecule is COc1ccc(Oc2ncnc(Oc3ccc(C)cc3)c2N)cc1. The molecule has 0 spiro atoms. The summed E-state index contributed by atoms with van der Waals surface area (Å²) < 4.78 is 16.5. The summed E-state index contributed by atoms with van der Waals surface area (Å²) in [6.45, 7) is 2.00. The number of aryl methyl sites for hydroxylation is 1. The second kappa shape index (κ2) is 6.87. The van der Waals surface area contributed by atoms with Crippen molar-refractivity contribution in [2.75, 3.05) is 12.8 Å². The highest BCUT2D eigenvalue weighted by Crippen LogP contribution is 2.33. The molecule has 0 unspecified atom stereocenters. The molecule has 24 heavy (non-hydrogen) atoms. The van der Waals surface area contributed by atoms with Crippen LogP contribution in [0.4, 0.5) is 5.69 Å². The van der Waals surface area contributed by atoms with Gasteiger partial charge in [0.15, 0.2) is 5.69 Å². The van der Waals surface area contributed by atoms with Gasteiger partial charge in [-0.2, -0.15) is 9.97 Å². The molecule has 0 radical (unpaired) electrons. The summed E-state index contributed by atoms with van der Waals surface area (Å²) in [5.74, 6) is 2.44. The Balaban J connectivity index is 1.80. The standard InChI is InChI=1S/C18H17N3O3/c1-12-3-5-14(6-4-12)23-17-16(19)18(21-11-20-17)24-15-9-7-13(22-2)8-10-15/h3-11H,19H2,1-2H3. The molecule has 6 nitrogen and oxygen atoms in total. The molecule has 1 heterocycles. The van der Waals surface area contributed by atoms with Gasteiger partial charge in [-0.3, -0.25) is 0 Å². The fraction of sp³-hybridized carbons (Fsp3) is 0.111. The summed E-state index contributed by atoms with van der Waals surface area (Å²) in [5.41, 5.74) is 7.44. The molecule has 3 aromatic rings. The molecule has 0 aliphatic carbocycles. The van der Waals surface area contributed by atoms with Crippen LogP contribution in [-0.4, -0.2) is 17.1 Å². The molecule has 0 aliphatic rings. The van der Waals surface area contributed by atoms with Crippen molar-refractivity contribution in [3.05, 3.63) is 60.4 Å². The van der Waals surface area contributed by atoms with Gasteiger partial charge in [-0.15, -0.1) is 0 Å². The summed E-state index contributed by atoms with van der Waals surface area (Å²) >= 11 is 0. The lowest BCUT2D eigenvalue weighted by Gasteiger charge is -2.11. The number of ether oxygens (including phenoxy) is 3. The third-order valence-corrected chi connectivity index (χ3v) is 3.32. The smallest absolute Gasteiger partial charge is 0.249 e. The first-order chi connectivity index (χ1) is 11.7. The van der Waals surface area contributed by atoms with Crippen LogP contribution in [0.25, 0.3) is 0 Å². The second-order valence-electron chi connectivity index (χ2n) is 5.09. The average Bonchev–Trinajstić information content (AvgIpc) is 2.61. The number of aromatic nitrogens is 2. The first-order valence-corrected chi connectivity index (χ1v) is 7.32. The number of nitrogens with zero attached hydrogens (tertiary/aromatic N) is 2. The zero-order chi connectivity index (χ0) is 16.9. The highest BCUT2D eigenvalue weighted by Gasteiger charge is 2.12. The van der Waals surface area contributed by atoms with Crippen molar-refractivity contribution in [1.82, 2.24) is 9.97 Å². The summed E-state index contributed by atoms with van der Waals surface area (Å²) in [6.07, 6.45) is 1.35. The monoisotopic (exact) mass is 323 g/mol. The van der Waals surface area contributed by atoms with E-state index in [0.717, 1.165) is 11.3 Å². The van der Waals surface area contributed by atoms with Crippen LogP contribution in [0.5, 0.6) is 29.0 Å². The van der Waals surface area contributed by atoms with Crippen molar-refractivity contribution in [2.24, 2.45) is 0 Å². The van der Waals surface area contributed by atoms with Gasteiger partial charge < -0.3 is 19.9 Å². The Morgan fingerprint density at radius 3 is 1.71 bits per heavy atom. The van der Waals surface area contributed by atoms with Crippen molar-refractivity contribution in [3.63, 3.8) is 0 Å². The maximum absolute atomic E-state index is 6.07. The predicted molar refractivity (Wildman–Crippen MR) is 90.8 cm³/mol. The molecule has 0 amide bonds. The number of anilines is 1. The molecule has 0 aliphatic heterocycles. The molecule has 0 fully saturated rings. The largest absolute Gasteiger partial charge is 0.497 e. The van der Waals surface area contributed by atoms with E-state index in [9.17, 15) is 0 Å². The summed E-state index contributed by atoms with van der Waals surface area (Å²) in [6, 6.07) is 14.7.